The first-order chi connectivity index (χ1) is 11.6. The Morgan fingerprint density at radius 1 is 1.32 bits per heavy atom. The Hall–Kier alpha value is -1.56. The number of ether oxygens (including phenoxy) is 1. The molecule has 1 aliphatic rings. The average Bonchev–Trinajstić information content (AvgIpc) is 2.52. The highest BCUT2D eigenvalue weighted by molar-refractivity contribution is 6.30. The van der Waals surface area contributed by atoms with Crippen molar-refractivity contribution in [3.8, 4) is 0 Å². The highest BCUT2D eigenvalue weighted by Crippen LogP contribution is 2.28. The van der Waals surface area contributed by atoms with Gasteiger partial charge in [0.05, 0.1) is 0 Å². The van der Waals surface area contributed by atoms with Crippen LogP contribution in [0.15, 0.2) is 0 Å². The molecule has 0 radical (unpaired) electrons. The standard InChI is InChI=1S/C18H29ClN4O2/c1-7-14-15(19)20-12(2)21-16(14)23-10-8-13(9-11-23)22(6)17(24)25-18(3,4)5/h13H,7-11H2,1-6H3. The lowest BCUT2D eigenvalue weighted by Gasteiger charge is -2.38. The molecule has 0 aliphatic carbocycles. The Labute approximate surface area is 155 Å². The fourth-order valence-corrected chi connectivity index (χ4v) is 3.40. The molecule has 0 atom stereocenters. The van der Waals surface area contributed by atoms with E-state index in [0.29, 0.717) is 11.0 Å². The monoisotopic (exact) mass is 368 g/mol. The minimum absolute atomic E-state index is 0.176. The van der Waals surface area contributed by atoms with Crippen LogP contribution < -0.4 is 4.90 Å². The molecule has 140 valence electrons. The van der Waals surface area contributed by atoms with E-state index in [1.165, 1.54) is 0 Å². The minimum atomic E-state index is -0.475. The first-order valence-electron chi connectivity index (χ1n) is 8.86. The van der Waals surface area contributed by atoms with Gasteiger partial charge in [0, 0.05) is 31.7 Å². The molecule has 7 heteroatoms. The molecular weight excluding hydrogens is 340 g/mol. The van der Waals surface area contributed by atoms with Crippen LogP contribution in [-0.4, -0.2) is 52.7 Å². The van der Waals surface area contributed by atoms with Crippen molar-refractivity contribution in [1.82, 2.24) is 14.9 Å². The third kappa shape index (κ3) is 4.97. The Morgan fingerprint density at radius 3 is 2.44 bits per heavy atom. The Kier molecular flexibility index (Phi) is 6.14. The zero-order valence-electron chi connectivity index (χ0n) is 16.1. The number of aromatic nitrogens is 2. The second-order valence-electron chi connectivity index (χ2n) is 7.53. The van der Waals surface area contributed by atoms with Gasteiger partial charge in [-0.1, -0.05) is 18.5 Å². The third-order valence-electron chi connectivity index (χ3n) is 4.39. The van der Waals surface area contributed by atoms with E-state index in [9.17, 15) is 4.79 Å². The maximum Gasteiger partial charge on any atom is 0.410 e. The summed E-state index contributed by atoms with van der Waals surface area (Å²) in [7, 11) is 1.82. The zero-order chi connectivity index (χ0) is 18.8. The number of hydrogen-bond donors (Lipinski definition) is 0. The summed E-state index contributed by atoms with van der Waals surface area (Å²) in [4.78, 5) is 25.1. The second kappa shape index (κ2) is 7.77. The highest BCUT2D eigenvalue weighted by atomic mass is 35.5. The number of anilines is 1. The first kappa shape index (κ1) is 19.8. The number of rotatable bonds is 3. The van der Waals surface area contributed by atoms with E-state index in [1.54, 1.807) is 4.90 Å². The average molecular weight is 369 g/mol. The zero-order valence-corrected chi connectivity index (χ0v) is 16.9. The molecule has 0 bridgehead atoms. The molecule has 1 aromatic heterocycles. The smallest absolute Gasteiger partial charge is 0.410 e. The van der Waals surface area contributed by atoms with Gasteiger partial charge in [-0.15, -0.1) is 0 Å². The van der Waals surface area contributed by atoms with Crippen molar-refractivity contribution < 1.29 is 9.53 Å². The first-order valence-corrected chi connectivity index (χ1v) is 9.24. The molecule has 0 unspecified atom stereocenters. The SMILES string of the molecule is CCc1c(Cl)nc(C)nc1N1CCC(N(C)C(=O)OC(C)(C)C)CC1. The Balaban J connectivity index is 2.04. The van der Waals surface area contributed by atoms with Gasteiger partial charge in [-0.2, -0.15) is 0 Å². The maximum absolute atomic E-state index is 12.3. The van der Waals surface area contributed by atoms with E-state index in [-0.39, 0.29) is 12.1 Å². The second-order valence-corrected chi connectivity index (χ2v) is 7.88. The molecule has 1 fully saturated rings. The molecule has 0 spiro atoms. The van der Waals surface area contributed by atoms with Gasteiger partial charge in [-0.3, -0.25) is 0 Å². The lowest BCUT2D eigenvalue weighted by Crippen LogP contribution is -2.47. The fraction of sp³-hybridized carbons (Fsp3) is 0.722. The summed E-state index contributed by atoms with van der Waals surface area (Å²) in [5.41, 5.74) is 0.517. The van der Waals surface area contributed by atoms with Crippen LogP contribution in [0.25, 0.3) is 0 Å². The lowest BCUT2D eigenvalue weighted by molar-refractivity contribution is 0.0201. The summed E-state index contributed by atoms with van der Waals surface area (Å²) in [5, 5.41) is 0.540. The molecule has 0 aromatic carbocycles. The van der Waals surface area contributed by atoms with Gasteiger partial charge in [-0.05, 0) is 47.0 Å². The summed E-state index contributed by atoms with van der Waals surface area (Å²) >= 11 is 6.29. The van der Waals surface area contributed by atoms with E-state index in [2.05, 4.69) is 21.8 Å². The van der Waals surface area contributed by atoms with E-state index < -0.39 is 5.60 Å². The summed E-state index contributed by atoms with van der Waals surface area (Å²) in [6.07, 6.45) is 2.28. The van der Waals surface area contributed by atoms with Gasteiger partial charge < -0.3 is 14.5 Å². The molecule has 1 amide bonds. The number of carbonyl (C=O) groups excluding carboxylic acids is 1. The van der Waals surface area contributed by atoms with Crippen LogP contribution in [0.5, 0.6) is 0 Å². The highest BCUT2D eigenvalue weighted by Gasteiger charge is 2.29. The number of piperidine rings is 1. The van der Waals surface area contributed by atoms with Gasteiger partial charge in [0.1, 0.15) is 22.4 Å². The van der Waals surface area contributed by atoms with Crippen molar-refractivity contribution in [3.05, 3.63) is 16.5 Å². The summed E-state index contributed by atoms with van der Waals surface area (Å²) in [5.74, 6) is 1.61. The number of hydrogen-bond acceptors (Lipinski definition) is 5. The van der Waals surface area contributed by atoms with Crippen LogP contribution in [0.3, 0.4) is 0 Å². The normalized spacial score (nSPS) is 16.0. The molecule has 1 aromatic rings. The van der Waals surface area contributed by atoms with Gasteiger partial charge in [-0.25, -0.2) is 14.8 Å². The molecule has 6 nitrogen and oxygen atoms in total. The van der Waals surface area contributed by atoms with Crippen LogP contribution >= 0.6 is 11.6 Å². The molecule has 2 rings (SSSR count). The minimum Gasteiger partial charge on any atom is -0.444 e. The van der Waals surface area contributed by atoms with Crippen LogP contribution in [0.2, 0.25) is 5.15 Å². The predicted molar refractivity (Wildman–Crippen MR) is 100 cm³/mol. The van der Waals surface area contributed by atoms with Gasteiger partial charge in [0.2, 0.25) is 0 Å². The molecule has 25 heavy (non-hydrogen) atoms. The van der Waals surface area contributed by atoms with Crippen LogP contribution in [0.1, 0.15) is 51.9 Å². The summed E-state index contributed by atoms with van der Waals surface area (Å²) in [6, 6.07) is 0.176. The maximum atomic E-state index is 12.3. The number of aryl methyl sites for hydroxylation is 1. The van der Waals surface area contributed by atoms with Crippen LogP contribution in [0.4, 0.5) is 10.6 Å². The Morgan fingerprint density at radius 2 is 1.92 bits per heavy atom. The van der Waals surface area contributed by atoms with Crippen molar-refractivity contribution in [2.24, 2.45) is 0 Å². The van der Waals surface area contributed by atoms with Gasteiger partial charge in [0.15, 0.2) is 0 Å². The molecular formula is C18H29ClN4O2. The quantitative estimate of drug-likeness (QED) is 0.758. The van der Waals surface area contributed by atoms with Crippen LogP contribution in [-0.2, 0) is 11.2 Å². The van der Waals surface area contributed by atoms with Crippen LogP contribution in [0, 0.1) is 6.92 Å². The van der Waals surface area contributed by atoms with Crippen molar-refractivity contribution >= 4 is 23.5 Å². The summed E-state index contributed by atoms with van der Waals surface area (Å²) < 4.78 is 5.47. The number of amides is 1. The Bertz CT molecular complexity index is 622. The third-order valence-corrected chi connectivity index (χ3v) is 4.71. The molecule has 0 saturated carbocycles. The number of carbonyl (C=O) groups is 1. The molecule has 1 aliphatic heterocycles. The molecule has 1 saturated heterocycles. The fourth-order valence-electron chi connectivity index (χ4n) is 3.06. The van der Waals surface area contributed by atoms with E-state index in [0.717, 1.165) is 43.7 Å². The number of halogens is 1. The van der Waals surface area contributed by atoms with E-state index in [1.807, 2.05) is 34.7 Å². The molecule has 2 heterocycles. The van der Waals surface area contributed by atoms with Crippen molar-refractivity contribution in [1.29, 1.82) is 0 Å². The van der Waals surface area contributed by atoms with E-state index >= 15 is 0 Å². The lowest BCUT2D eigenvalue weighted by atomic mass is 10.0. The van der Waals surface area contributed by atoms with Gasteiger partial charge in [0.25, 0.3) is 0 Å². The predicted octanol–water partition coefficient (Wildman–Crippen LogP) is 3.84. The van der Waals surface area contributed by atoms with Crippen molar-refractivity contribution in [3.63, 3.8) is 0 Å². The van der Waals surface area contributed by atoms with Gasteiger partial charge >= 0.3 is 6.09 Å². The molecule has 0 N–H and O–H groups in total. The topological polar surface area (TPSA) is 58.6 Å². The van der Waals surface area contributed by atoms with Crippen molar-refractivity contribution in [2.45, 2.75) is 65.5 Å². The van der Waals surface area contributed by atoms with Crippen molar-refractivity contribution in [2.75, 3.05) is 25.0 Å². The van der Waals surface area contributed by atoms with E-state index in [4.69, 9.17) is 16.3 Å². The number of nitrogens with zero attached hydrogens (tertiary/aromatic N) is 4. The summed E-state index contributed by atoms with van der Waals surface area (Å²) in [6.45, 7) is 11.2. The largest absolute Gasteiger partial charge is 0.444 e.